The minimum absolute atomic E-state index is 0.555. The van der Waals surface area contributed by atoms with Crippen molar-refractivity contribution in [2.24, 2.45) is 0 Å². The highest BCUT2D eigenvalue weighted by Gasteiger charge is 2.08. The fourth-order valence-electron chi connectivity index (χ4n) is 2.10. The third-order valence-corrected chi connectivity index (χ3v) is 4.30. The van der Waals surface area contributed by atoms with Gasteiger partial charge in [-0.3, -0.25) is 0 Å². The Morgan fingerprint density at radius 3 is 2.83 bits per heavy atom. The Morgan fingerprint density at radius 1 is 1.17 bits per heavy atom. The van der Waals surface area contributed by atoms with Crippen LogP contribution in [0.25, 0.3) is 20.7 Å². The van der Waals surface area contributed by atoms with E-state index in [-0.39, 0.29) is 0 Å². The van der Waals surface area contributed by atoms with E-state index in [1.54, 1.807) is 11.3 Å². The summed E-state index contributed by atoms with van der Waals surface area (Å²) in [4.78, 5) is 6.63. The largest absolute Gasteiger partial charge is 0.225 e. The Bertz CT molecular complexity index is 703. The van der Waals surface area contributed by atoms with Gasteiger partial charge in [-0.1, -0.05) is 42.8 Å². The zero-order valence-corrected chi connectivity index (χ0v) is 11.6. The van der Waals surface area contributed by atoms with Gasteiger partial charge in [-0.05, 0) is 35.7 Å². The van der Waals surface area contributed by atoms with Crippen LogP contribution < -0.4 is 0 Å². The molecule has 3 aromatic rings. The number of halogens is 1. The quantitative estimate of drug-likeness (QED) is 0.586. The Balaban J connectivity index is 2.19. The third-order valence-electron chi connectivity index (χ3n) is 3.01. The molecule has 0 bridgehead atoms. The van der Waals surface area contributed by atoms with E-state index >= 15 is 0 Å². The highest BCUT2D eigenvalue weighted by Crippen LogP contribution is 2.34. The molecule has 0 radical (unpaired) electrons. The molecule has 1 aromatic carbocycles. The lowest BCUT2D eigenvalue weighted by atomic mass is 10.0. The first-order chi connectivity index (χ1) is 8.78. The number of hydrogen-bond acceptors (Lipinski definition) is 2. The molecule has 3 heteroatoms. The van der Waals surface area contributed by atoms with Crippen LogP contribution in [-0.4, -0.2) is 4.98 Å². The lowest BCUT2D eigenvalue weighted by Crippen LogP contribution is -1.83. The van der Waals surface area contributed by atoms with Crippen molar-refractivity contribution in [2.75, 3.05) is 0 Å². The molecule has 0 saturated heterocycles. The molecular weight excluding hydrogens is 262 g/mol. The van der Waals surface area contributed by atoms with E-state index in [0.29, 0.717) is 5.15 Å². The molecule has 0 amide bonds. The van der Waals surface area contributed by atoms with Crippen molar-refractivity contribution in [1.82, 2.24) is 4.98 Å². The van der Waals surface area contributed by atoms with Gasteiger partial charge in [0.05, 0.1) is 0 Å². The molecule has 2 aromatic heterocycles. The SMILES string of the molecule is CCc1ccccc1-c1cc2ccc(Cl)nc2s1. The second-order valence-corrected chi connectivity index (χ2v) is 5.57. The molecule has 18 heavy (non-hydrogen) atoms. The van der Waals surface area contributed by atoms with Crippen LogP contribution in [0.15, 0.2) is 42.5 Å². The molecule has 2 heterocycles. The fraction of sp³-hybridized carbons (Fsp3) is 0.133. The summed E-state index contributed by atoms with van der Waals surface area (Å²) in [5.41, 5.74) is 2.68. The first-order valence-electron chi connectivity index (χ1n) is 5.92. The van der Waals surface area contributed by atoms with Gasteiger partial charge in [-0.2, -0.15) is 0 Å². The van der Waals surface area contributed by atoms with Gasteiger partial charge in [0, 0.05) is 10.3 Å². The Hall–Kier alpha value is -1.38. The second kappa shape index (κ2) is 4.71. The Kier molecular flexibility index (Phi) is 3.06. The van der Waals surface area contributed by atoms with Crippen molar-refractivity contribution in [3.8, 4) is 10.4 Å². The number of fused-ring (bicyclic) bond motifs is 1. The molecule has 90 valence electrons. The number of pyridine rings is 1. The molecule has 0 aliphatic rings. The van der Waals surface area contributed by atoms with Crippen molar-refractivity contribution in [3.05, 3.63) is 53.2 Å². The molecule has 0 saturated carbocycles. The summed E-state index contributed by atoms with van der Waals surface area (Å²) in [5, 5.41) is 1.71. The number of benzene rings is 1. The van der Waals surface area contributed by atoms with E-state index in [2.05, 4.69) is 42.2 Å². The fourth-order valence-corrected chi connectivity index (χ4v) is 3.39. The first-order valence-corrected chi connectivity index (χ1v) is 7.11. The van der Waals surface area contributed by atoms with E-state index in [4.69, 9.17) is 11.6 Å². The Labute approximate surface area is 115 Å². The topological polar surface area (TPSA) is 12.9 Å². The van der Waals surface area contributed by atoms with Gasteiger partial charge in [-0.25, -0.2) is 4.98 Å². The summed E-state index contributed by atoms with van der Waals surface area (Å²) in [7, 11) is 0. The molecule has 0 unspecified atom stereocenters. The summed E-state index contributed by atoms with van der Waals surface area (Å²) in [6.07, 6.45) is 1.04. The Morgan fingerprint density at radius 2 is 2.00 bits per heavy atom. The smallest absolute Gasteiger partial charge is 0.130 e. The highest BCUT2D eigenvalue weighted by molar-refractivity contribution is 7.21. The average Bonchev–Trinajstić information content (AvgIpc) is 2.81. The van der Waals surface area contributed by atoms with E-state index in [9.17, 15) is 0 Å². The van der Waals surface area contributed by atoms with Gasteiger partial charge in [0.25, 0.3) is 0 Å². The van der Waals surface area contributed by atoms with Crippen LogP contribution in [0.5, 0.6) is 0 Å². The number of aryl methyl sites for hydroxylation is 1. The van der Waals surface area contributed by atoms with E-state index < -0.39 is 0 Å². The number of nitrogens with zero attached hydrogens (tertiary/aromatic N) is 1. The van der Waals surface area contributed by atoms with E-state index in [1.165, 1.54) is 16.0 Å². The van der Waals surface area contributed by atoms with Crippen LogP contribution in [0.3, 0.4) is 0 Å². The number of rotatable bonds is 2. The predicted octanol–water partition coefficient (Wildman–Crippen LogP) is 5.18. The normalized spacial score (nSPS) is 11.0. The summed E-state index contributed by atoms with van der Waals surface area (Å²) in [6.45, 7) is 2.18. The van der Waals surface area contributed by atoms with Crippen LogP contribution in [0.1, 0.15) is 12.5 Å². The van der Waals surface area contributed by atoms with Crippen molar-refractivity contribution in [3.63, 3.8) is 0 Å². The zero-order chi connectivity index (χ0) is 12.5. The van der Waals surface area contributed by atoms with Crippen LogP contribution in [0, 0.1) is 0 Å². The lowest BCUT2D eigenvalue weighted by Gasteiger charge is -2.03. The molecule has 3 rings (SSSR count). The molecular formula is C15H12ClNS. The number of aromatic nitrogens is 1. The summed E-state index contributed by atoms with van der Waals surface area (Å²) in [5.74, 6) is 0. The molecule has 0 aliphatic carbocycles. The van der Waals surface area contributed by atoms with E-state index in [0.717, 1.165) is 16.6 Å². The summed E-state index contributed by atoms with van der Waals surface area (Å²) < 4.78 is 0. The third kappa shape index (κ3) is 2.02. The zero-order valence-electron chi connectivity index (χ0n) is 9.98. The van der Waals surface area contributed by atoms with E-state index in [1.807, 2.05) is 12.1 Å². The maximum Gasteiger partial charge on any atom is 0.130 e. The second-order valence-electron chi connectivity index (χ2n) is 4.15. The van der Waals surface area contributed by atoms with Crippen LogP contribution in [0.2, 0.25) is 5.15 Å². The first kappa shape index (κ1) is 11.7. The van der Waals surface area contributed by atoms with Gasteiger partial charge in [-0.15, -0.1) is 11.3 Å². The van der Waals surface area contributed by atoms with Gasteiger partial charge in [0.2, 0.25) is 0 Å². The van der Waals surface area contributed by atoms with Crippen molar-refractivity contribution < 1.29 is 0 Å². The summed E-state index contributed by atoms with van der Waals surface area (Å²) >= 11 is 7.63. The minimum atomic E-state index is 0.555. The molecule has 0 fully saturated rings. The molecule has 0 N–H and O–H groups in total. The van der Waals surface area contributed by atoms with Gasteiger partial charge in [0.1, 0.15) is 9.98 Å². The van der Waals surface area contributed by atoms with Crippen molar-refractivity contribution >= 4 is 33.2 Å². The number of hydrogen-bond donors (Lipinski definition) is 0. The highest BCUT2D eigenvalue weighted by atomic mass is 35.5. The number of thiophene rings is 1. The van der Waals surface area contributed by atoms with Gasteiger partial charge < -0.3 is 0 Å². The van der Waals surface area contributed by atoms with Crippen molar-refractivity contribution in [1.29, 1.82) is 0 Å². The molecule has 0 spiro atoms. The maximum atomic E-state index is 5.93. The van der Waals surface area contributed by atoms with Crippen LogP contribution >= 0.6 is 22.9 Å². The van der Waals surface area contributed by atoms with Gasteiger partial charge in [0.15, 0.2) is 0 Å². The average molecular weight is 274 g/mol. The van der Waals surface area contributed by atoms with Crippen molar-refractivity contribution in [2.45, 2.75) is 13.3 Å². The maximum absolute atomic E-state index is 5.93. The molecule has 0 aliphatic heterocycles. The summed E-state index contributed by atoms with van der Waals surface area (Å²) in [6, 6.07) is 14.6. The predicted molar refractivity (Wildman–Crippen MR) is 79.4 cm³/mol. The lowest BCUT2D eigenvalue weighted by molar-refractivity contribution is 1.14. The molecule has 0 atom stereocenters. The van der Waals surface area contributed by atoms with Crippen LogP contribution in [0.4, 0.5) is 0 Å². The standard InChI is InChI=1S/C15H12ClNS/c1-2-10-5-3-4-6-12(10)13-9-11-7-8-14(16)17-15(11)18-13/h3-9H,2H2,1H3. The monoisotopic (exact) mass is 273 g/mol. The van der Waals surface area contributed by atoms with Crippen LogP contribution in [-0.2, 0) is 6.42 Å². The minimum Gasteiger partial charge on any atom is -0.225 e. The molecule has 1 nitrogen and oxygen atoms in total. The van der Waals surface area contributed by atoms with Gasteiger partial charge >= 0.3 is 0 Å².